The normalized spacial score (nSPS) is 10.9. The third-order valence-electron chi connectivity index (χ3n) is 4.58. The average Bonchev–Trinajstić information content (AvgIpc) is 2.74. The number of para-hydroxylation sites is 1. The van der Waals surface area contributed by atoms with Crippen LogP contribution in [0.5, 0.6) is 0 Å². The van der Waals surface area contributed by atoms with E-state index in [1.54, 1.807) is 42.6 Å². The van der Waals surface area contributed by atoms with Crippen molar-refractivity contribution in [1.29, 1.82) is 0 Å². The highest BCUT2D eigenvalue weighted by atomic mass is 16.2. The molecule has 7 nitrogen and oxygen atoms in total. The summed E-state index contributed by atoms with van der Waals surface area (Å²) in [7, 11) is 2.86. The largest absolute Gasteiger partial charge is 0.330 e. The summed E-state index contributed by atoms with van der Waals surface area (Å²) < 4.78 is 2.15. The number of hydrogen-bond donors (Lipinski definition) is 0. The molecule has 0 N–H and O–H groups in total. The lowest BCUT2D eigenvalue weighted by Crippen LogP contribution is -2.39. The van der Waals surface area contributed by atoms with Gasteiger partial charge in [-0.2, -0.15) is 0 Å². The Hall–Kier alpha value is -3.87. The number of fused-ring (bicyclic) bond motifs is 1. The van der Waals surface area contributed by atoms with Crippen LogP contribution < -0.4 is 11.2 Å². The van der Waals surface area contributed by atoms with Crippen LogP contribution in [0.15, 0.2) is 70.5 Å². The molecule has 0 saturated carbocycles. The number of nitrogens with zero attached hydrogens (tertiary/aromatic N) is 4. The van der Waals surface area contributed by atoms with Gasteiger partial charge in [0.05, 0.1) is 16.9 Å². The van der Waals surface area contributed by atoms with Gasteiger partial charge in [-0.3, -0.25) is 19.1 Å². The molecule has 28 heavy (non-hydrogen) atoms. The van der Waals surface area contributed by atoms with Crippen molar-refractivity contribution in [2.24, 2.45) is 14.1 Å². The maximum atomic E-state index is 13.3. The summed E-state index contributed by atoms with van der Waals surface area (Å²) in [5.74, 6) is -0.466. The van der Waals surface area contributed by atoms with E-state index >= 15 is 0 Å². The number of benzene rings is 1. The topological polar surface area (TPSA) is 86.8 Å². The number of carbonyl (C=O) groups excluding carboxylic acids is 1. The average molecular weight is 372 g/mol. The number of carbonyl (C=O) groups is 1. The predicted octanol–water partition coefficient (Wildman–Crippen LogP) is 1.93. The Morgan fingerprint density at radius 3 is 2.43 bits per heavy atom. The van der Waals surface area contributed by atoms with Gasteiger partial charge in [0.2, 0.25) is 5.78 Å². The van der Waals surface area contributed by atoms with Gasteiger partial charge in [-0.1, -0.05) is 24.3 Å². The van der Waals surface area contributed by atoms with Crippen LogP contribution in [0.3, 0.4) is 0 Å². The van der Waals surface area contributed by atoms with E-state index in [1.165, 1.54) is 24.9 Å². The maximum absolute atomic E-state index is 13.3. The van der Waals surface area contributed by atoms with Crippen molar-refractivity contribution in [3.8, 4) is 11.4 Å². The van der Waals surface area contributed by atoms with E-state index in [9.17, 15) is 14.4 Å². The van der Waals surface area contributed by atoms with Crippen molar-refractivity contribution >= 4 is 16.7 Å². The number of aromatic nitrogens is 4. The zero-order valence-electron chi connectivity index (χ0n) is 15.3. The molecule has 138 valence electrons. The number of ketones is 1. The van der Waals surface area contributed by atoms with Crippen molar-refractivity contribution in [2.75, 3.05) is 0 Å². The van der Waals surface area contributed by atoms with Crippen LogP contribution >= 0.6 is 0 Å². The van der Waals surface area contributed by atoms with E-state index < -0.39 is 17.0 Å². The molecule has 1 aromatic carbocycles. The molecule has 0 aliphatic carbocycles. The minimum Gasteiger partial charge on any atom is -0.303 e. The monoisotopic (exact) mass is 372 g/mol. The van der Waals surface area contributed by atoms with Gasteiger partial charge in [-0.05, 0) is 24.3 Å². The van der Waals surface area contributed by atoms with E-state index in [4.69, 9.17) is 0 Å². The van der Waals surface area contributed by atoms with Gasteiger partial charge in [-0.15, -0.1) is 0 Å². The van der Waals surface area contributed by atoms with Crippen LogP contribution in [-0.4, -0.2) is 24.9 Å². The summed E-state index contributed by atoms with van der Waals surface area (Å²) >= 11 is 0. The lowest BCUT2D eigenvalue weighted by molar-refractivity contribution is 0.103. The first-order chi connectivity index (χ1) is 13.5. The minimum atomic E-state index is -0.631. The molecule has 7 heteroatoms. The van der Waals surface area contributed by atoms with Gasteiger partial charge < -0.3 is 4.57 Å². The lowest BCUT2D eigenvalue weighted by Gasteiger charge is -2.10. The zero-order chi connectivity index (χ0) is 19.8. The Balaban J connectivity index is 2.00. The molecule has 0 amide bonds. The summed E-state index contributed by atoms with van der Waals surface area (Å²) in [6.45, 7) is 0. The van der Waals surface area contributed by atoms with Crippen molar-refractivity contribution in [3.63, 3.8) is 0 Å². The number of rotatable bonds is 3. The smallest absolute Gasteiger partial charge is 0.303 e. The molecular formula is C21H16N4O3. The van der Waals surface area contributed by atoms with E-state index in [1.807, 2.05) is 12.1 Å². The van der Waals surface area contributed by atoms with Gasteiger partial charge in [0.25, 0.3) is 5.56 Å². The van der Waals surface area contributed by atoms with Gasteiger partial charge in [0.15, 0.2) is 0 Å². The molecule has 0 unspecified atom stereocenters. The first-order valence-corrected chi connectivity index (χ1v) is 8.60. The second kappa shape index (κ2) is 6.70. The van der Waals surface area contributed by atoms with E-state index in [0.717, 1.165) is 4.57 Å². The van der Waals surface area contributed by atoms with E-state index in [2.05, 4.69) is 9.97 Å². The van der Waals surface area contributed by atoms with Gasteiger partial charge in [0.1, 0.15) is 5.56 Å². The summed E-state index contributed by atoms with van der Waals surface area (Å²) in [6, 6.07) is 14.3. The van der Waals surface area contributed by atoms with Crippen molar-refractivity contribution in [2.45, 2.75) is 0 Å². The van der Waals surface area contributed by atoms with Gasteiger partial charge in [0, 0.05) is 37.4 Å². The van der Waals surface area contributed by atoms with Crippen LogP contribution in [-0.2, 0) is 14.1 Å². The molecule has 0 radical (unpaired) electrons. The molecule has 4 rings (SSSR count). The zero-order valence-corrected chi connectivity index (χ0v) is 15.3. The molecule has 3 heterocycles. The molecule has 0 saturated heterocycles. The standard InChI is InChI=1S/C21H16N4O3/c1-24-12-15(20(27)25(2)21(24)28)19(26)14-11-18(17-9-5-6-10-22-17)23-16-8-4-3-7-13(14)16/h3-12H,1-2H3. The fourth-order valence-corrected chi connectivity index (χ4v) is 3.12. The van der Waals surface area contributed by atoms with E-state index in [-0.39, 0.29) is 5.56 Å². The summed E-state index contributed by atoms with van der Waals surface area (Å²) in [5.41, 5.74) is 0.911. The first kappa shape index (κ1) is 17.5. The highest BCUT2D eigenvalue weighted by Crippen LogP contribution is 2.25. The number of aryl methyl sites for hydroxylation is 1. The fraction of sp³-hybridized carbons (Fsp3) is 0.0952. The van der Waals surface area contributed by atoms with Crippen LogP contribution in [0, 0.1) is 0 Å². The number of pyridine rings is 2. The highest BCUT2D eigenvalue weighted by Gasteiger charge is 2.20. The second-order valence-electron chi connectivity index (χ2n) is 6.42. The highest BCUT2D eigenvalue weighted by molar-refractivity contribution is 6.16. The quantitative estimate of drug-likeness (QED) is 0.513. The molecule has 0 bridgehead atoms. The molecule has 3 aromatic heterocycles. The van der Waals surface area contributed by atoms with Crippen molar-refractivity contribution in [1.82, 2.24) is 19.1 Å². The fourth-order valence-electron chi connectivity index (χ4n) is 3.12. The summed E-state index contributed by atoms with van der Waals surface area (Å²) in [5, 5.41) is 0.628. The molecule has 4 aromatic rings. The molecule has 0 aliphatic heterocycles. The molecular weight excluding hydrogens is 356 g/mol. The minimum absolute atomic E-state index is 0.0760. The number of hydrogen-bond acceptors (Lipinski definition) is 5. The Kier molecular flexibility index (Phi) is 4.19. The van der Waals surface area contributed by atoms with Crippen molar-refractivity contribution in [3.05, 3.63) is 92.9 Å². The third-order valence-corrected chi connectivity index (χ3v) is 4.58. The third kappa shape index (κ3) is 2.83. The van der Waals surface area contributed by atoms with Gasteiger partial charge >= 0.3 is 5.69 Å². The summed E-state index contributed by atoms with van der Waals surface area (Å²) in [6.07, 6.45) is 2.93. The Morgan fingerprint density at radius 2 is 1.68 bits per heavy atom. The summed E-state index contributed by atoms with van der Waals surface area (Å²) in [4.78, 5) is 46.7. The Labute approximate surface area is 159 Å². The lowest BCUT2D eigenvalue weighted by atomic mass is 9.99. The predicted molar refractivity (Wildman–Crippen MR) is 105 cm³/mol. The van der Waals surface area contributed by atoms with Gasteiger partial charge in [-0.25, -0.2) is 9.78 Å². The molecule has 0 fully saturated rings. The van der Waals surface area contributed by atoms with Crippen LogP contribution in [0.1, 0.15) is 15.9 Å². The SMILES string of the molecule is Cn1cc(C(=O)c2cc(-c3ccccn3)nc3ccccc23)c(=O)n(C)c1=O. The van der Waals surface area contributed by atoms with Crippen molar-refractivity contribution < 1.29 is 4.79 Å². The Morgan fingerprint density at radius 1 is 0.929 bits per heavy atom. The molecule has 0 spiro atoms. The second-order valence-corrected chi connectivity index (χ2v) is 6.42. The van der Waals surface area contributed by atoms with Crippen LogP contribution in [0.2, 0.25) is 0 Å². The first-order valence-electron chi connectivity index (χ1n) is 8.60. The maximum Gasteiger partial charge on any atom is 0.330 e. The van der Waals surface area contributed by atoms with Crippen LogP contribution in [0.4, 0.5) is 0 Å². The molecule has 0 atom stereocenters. The Bertz CT molecular complexity index is 1340. The van der Waals surface area contributed by atoms with E-state index in [0.29, 0.717) is 27.9 Å². The molecule has 0 aliphatic rings. The van der Waals surface area contributed by atoms with Crippen LogP contribution in [0.25, 0.3) is 22.3 Å².